The van der Waals surface area contributed by atoms with Crippen LogP contribution in [0.5, 0.6) is 0 Å². The number of halogens is 1. The maximum absolute atomic E-state index is 12.8. The van der Waals surface area contributed by atoms with Crippen LogP contribution in [0.25, 0.3) is 10.4 Å². The molecule has 1 amide bonds. The molecule has 0 bridgehead atoms. The van der Waals surface area contributed by atoms with E-state index >= 15 is 0 Å². The van der Waals surface area contributed by atoms with Crippen molar-refractivity contribution in [2.75, 3.05) is 13.1 Å². The number of amides is 1. The van der Waals surface area contributed by atoms with Crippen molar-refractivity contribution in [3.63, 3.8) is 0 Å². The number of benzene rings is 1. The van der Waals surface area contributed by atoms with Gasteiger partial charge in [-0.3, -0.25) is 4.79 Å². The largest absolute Gasteiger partial charge is 0.338 e. The predicted molar refractivity (Wildman–Crippen MR) is 102 cm³/mol. The van der Waals surface area contributed by atoms with Crippen LogP contribution in [-0.2, 0) is 0 Å². The molecule has 0 spiro atoms. The lowest BCUT2D eigenvalue weighted by molar-refractivity contribution is 0.0695. The zero-order valence-electron chi connectivity index (χ0n) is 13.5. The minimum Gasteiger partial charge on any atom is -0.338 e. The fraction of sp³-hybridized carbons (Fsp3) is 0.278. The number of hydrogen-bond acceptors (Lipinski definition) is 4. The first kappa shape index (κ1) is 16.5. The lowest BCUT2D eigenvalue weighted by Gasteiger charge is -2.31. The lowest BCUT2D eigenvalue weighted by Crippen LogP contribution is -2.38. The molecule has 1 aliphatic rings. The summed E-state index contributed by atoms with van der Waals surface area (Å²) in [6.07, 6.45) is 5.15. The Morgan fingerprint density at radius 3 is 2.56 bits per heavy atom. The van der Waals surface area contributed by atoms with E-state index in [1.165, 1.54) is 0 Å². The second kappa shape index (κ2) is 7.09. The van der Waals surface area contributed by atoms with E-state index < -0.39 is 0 Å². The molecule has 3 heterocycles. The van der Waals surface area contributed by atoms with Crippen LogP contribution in [0.2, 0.25) is 0 Å². The molecule has 0 aliphatic carbocycles. The van der Waals surface area contributed by atoms with Gasteiger partial charge in [-0.1, -0.05) is 28.1 Å². The molecule has 0 saturated carbocycles. The summed E-state index contributed by atoms with van der Waals surface area (Å²) in [6, 6.07) is 12.5. The van der Waals surface area contributed by atoms with Crippen LogP contribution < -0.4 is 0 Å². The molecule has 0 atom stereocenters. The van der Waals surface area contributed by atoms with Gasteiger partial charge in [0.25, 0.3) is 5.91 Å². The Hall–Kier alpha value is -1.99. The van der Waals surface area contributed by atoms with Gasteiger partial charge in [-0.15, -0.1) is 11.3 Å². The molecule has 0 N–H and O–H groups in total. The van der Waals surface area contributed by atoms with Crippen LogP contribution in [-0.4, -0.2) is 38.7 Å². The Morgan fingerprint density at radius 2 is 1.88 bits per heavy atom. The van der Waals surface area contributed by atoms with Crippen LogP contribution in [0.4, 0.5) is 0 Å². The van der Waals surface area contributed by atoms with Crippen molar-refractivity contribution < 1.29 is 4.79 Å². The van der Waals surface area contributed by atoms with E-state index in [9.17, 15) is 4.79 Å². The van der Waals surface area contributed by atoms with Gasteiger partial charge in [0.2, 0.25) is 0 Å². The molecule has 7 heteroatoms. The summed E-state index contributed by atoms with van der Waals surface area (Å²) in [5, 5.41) is 4.21. The highest BCUT2D eigenvalue weighted by atomic mass is 79.9. The fourth-order valence-corrected chi connectivity index (χ4v) is 4.36. The number of rotatable bonds is 3. The summed E-state index contributed by atoms with van der Waals surface area (Å²) in [4.78, 5) is 20.7. The fourth-order valence-electron chi connectivity index (χ4n) is 3.12. The zero-order chi connectivity index (χ0) is 17.2. The van der Waals surface area contributed by atoms with Gasteiger partial charge in [0.15, 0.2) is 0 Å². The van der Waals surface area contributed by atoms with E-state index in [1.807, 2.05) is 33.8 Å². The third-order valence-corrected chi connectivity index (χ3v) is 6.16. The minimum absolute atomic E-state index is 0.130. The van der Waals surface area contributed by atoms with Crippen molar-refractivity contribution in [3.8, 4) is 10.4 Å². The lowest BCUT2D eigenvalue weighted by atomic mass is 10.1. The van der Waals surface area contributed by atoms with Crippen molar-refractivity contribution in [1.82, 2.24) is 19.7 Å². The second-order valence-corrected chi connectivity index (χ2v) is 8.07. The van der Waals surface area contributed by atoms with Crippen molar-refractivity contribution in [2.24, 2.45) is 0 Å². The molecule has 0 radical (unpaired) electrons. The van der Waals surface area contributed by atoms with Crippen molar-refractivity contribution in [3.05, 3.63) is 58.4 Å². The Morgan fingerprint density at radius 1 is 1.12 bits per heavy atom. The first-order valence-corrected chi connectivity index (χ1v) is 9.81. The molecule has 0 unspecified atom stereocenters. The summed E-state index contributed by atoms with van der Waals surface area (Å²) in [7, 11) is 0. The molecule has 1 aromatic carbocycles. The summed E-state index contributed by atoms with van der Waals surface area (Å²) >= 11 is 5.01. The number of likely N-dealkylation sites (tertiary alicyclic amines) is 1. The average Bonchev–Trinajstić information content (AvgIpc) is 3.34. The molecular formula is C18H17BrN4OS. The third-order valence-electron chi connectivity index (χ3n) is 4.51. The summed E-state index contributed by atoms with van der Waals surface area (Å²) in [5.74, 6) is 0.130. The number of aromatic nitrogens is 3. The standard InChI is InChI=1S/C18H17BrN4OS/c19-14-3-1-13(2-4-14)16-5-6-17(25-16)18(24)22-9-7-15(8-10-22)23-12-20-11-21-23/h1-6,11-12,15H,7-10H2. The topological polar surface area (TPSA) is 51.0 Å². The first-order valence-electron chi connectivity index (χ1n) is 8.20. The van der Waals surface area contributed by atoms with Gasteiger partial charge >= 0.3 is 0 Å². The highest BCUT2D eigenvalue weighted by molar-refractivity contribution is 9.10. The number of piperidine rings is 1. The van der Waals surface area contributed by atoms with E-state index in [0.717, 1.165) is 45.7 Å². The Balaban J connectivity index is 1.43. The van der Waals surface area contributed by atoms with E-state index in [0.29, 0.717) is 6.04 Å². The number of carbonyl (C=O) groups excluding carboxylic acids is 1. The Kier molecular flexibility index (Phi) is 4.67. The average molecular weight is 417 g/mol. The smallest absolute Gasteiger partial charge is 0.263 e. The molecule has 2 aromatic heterocycles. The van der Waals surface area contributed by atoms with Gasteiger partial charge in [0.05, 0.1) is 10.9 Å². The molecule has 1 saturated heterocycles. The van der Waals surface area contributed by atoms with E-state index in [1.54, 1.807) is 24.0 Å². The van der Waals surface area contributed by atoms with Gasteiger partial charge in [0.1, 0.15) is 12.7 Å². The van der Waals surface area contributed by atoms with E-state index in [4.69, 9.17) is 0 Å². The summed E-state index contributed by atoms with van der Waals surface area (Å²) < 4.78 is 2.96. The van der Waals surface area contributed by atoms with E-state index in [2.05, 4.69) is 38.1 Å². The van der Waals surface area contributed by atoms with Crippen molar-refractivity contribution >= 4 is 33.2 Å². The molecule has 3 aromatic rings. The van der Waals surface area contributed by atoms with Crippen LogP contribution >= 0.6 is 27.3 Å². The van der Waals surface area contributed by atoms with Gasteiger partial charge in [-0.2, -0.15) is 5.10 Å². The van der Waals surface area contributed by atoms with Gasteiger partial charge in [-0.25, -0.2) is 9.67 Å². The third kappa shape index (κ3) is 3.52. The molecule has 25 heavy (non-hydrogen) atoms. The Labute approximate surface area is 158 Å². The molecule has 4 rings (SSSR count). The highest BCUT2D eigenvalue weighted by Crippen LogP contribution is 2.31. The van der Waals surface area contributed by atoms with E-state index in [-0.39, 0.29) is 5.91 Å². The number of thiophene rings is 1. The second-order valence-electron chi connectivity index (χ2n) is 6.07. The minimum atomic E-state index is 0.130. The van der Waals surface area contributed by atoms with Crippen LogP contribution in [0.15, 0.2) is 53.5 Å². The Bertz CT molecular complexity index is 852. The predicted octanol–water partition coefficient (Wildman–Crippen LogP) is 4.25. The van der Waals surface area contributed by atoms with Crippen LogP contribution in [0.3, 0.4) is 0 Å². The summed E-state index contributed by atoms with van der Waals surface area (Å²) in [5.41, 5.74) is 1.14. The maximum Gasteiger partial charge on any atom is 0.263 e. The van der Waals surface area contributed by atoms with Gasteiger partial charge in [-0.05, 0) is 42.7 Å². The normalized spacial score (nSPS) is 15.5. The first-order chi connectivity index (χ1) is 12.2. The molecule has 128 valence electrons. The van der Waals surface area contributed by atoms with Crippen molar-refractivity contribution in [2.45, 2.75) is 18.9 Å². The molecule has 1 fully saturated rings. The molecule has 1 aliphatic heterocycles. The molecule has 5 nitrogen and oxygen atoms in total. The number of nitrogens with zero attached hydrogens (tertiary/aromatic N) is 4. The molecular weight excluding hydrogens is 400 g/mol. The highest BCUT2D eigenvalue weighted by Gasteiger charge is 2.25. The maximum atomic E-state index is 12.8. The summed E-state index contributed by atoms with van der Waals surface area (Å²) in [6.45, 7) is 1.52. The monoisotopic (exact) mass is 416 g/mol. The van der Waals surface area contributed by atoms with Gasteiger partial charge in [0, 0.05) is 22.4 Å². The SMILES string of the molecule is O=C(c1ccc(-c2ccc(Br)cc2)s1)N1CCC(n2cncn2)CC1. The quantitative estimate of drug-likeness (QED) is 0.641. The van der Waals surface area contributed by atoms with Crippen LogP contribution in [0, 0.1) is 0 Å². The zero-order valence-corrected chi connectivity index (χ0v) is 15.9. The number of carbonyl (C=O) groups is 1. The van der Waals surface area contributed by atoms with Crippen LogP contribution in [0.1, 0.15) is 28.6 Å². The number of hydrogen-bond donors (Lipinski definition) is 0. The van der Waals surface area contributed by atoms with Gasteiger partial charge < -0.3 is 4.90 Å². The van der Waals surface area contributed by atoms with Crippen molar-refractivity contribution in [1.29, 1.82) is 0 Å².